The molecule has 0 saturated carbocycles. The van der Waals surface area contributed by atoms with Gasteiger partial charge in [0.15, 0.2) is 5.11 Å². The minimum Gasteiger partial charge on any atom is -0.494 e. The van der Waals surface area contributed by atoms with E-state index in [-0.39, 0.29) is 10.7 Å². The molecule has 104 valence electrons. The lowest BCUT2D eigenvalue weighted by Gasteiger charge is -2.17. The third-order valence-electron chi connectivity index (χ3n) is 2.25. The monoisotopic (exact) mass is 283 g/mol. The van der Waals surface area contributed by atoms with Gasteiger partial charge in [0.25, 0.3) is 5.91 Å². The molecule has 0 saturated heterocycles. The first-order chi connectivity index (χ1) is 9.01. The Labute approximate surface area is 117 Å². The van der Waals surface area contributed by atoms with Gasteiger partial charge in [-0.1, -0.05) is 0 Å². The van der Waals surface area contributed by atoms with Crippen LogP contribution in [0.5, 0.6) is 11.5 Å². The molecule has 0 spiro atoms. The highest BCUT2D eigenvalue weighted by molar-refractivity contribution is 7.80. The van der Waals surface area contributed by atoms with Crippen molar-refractivity contribution in [1.29, 1.82) is 0 Å². The van der Waals surface area contributed by atoms with Gasteiger partial charge in [-0.25, -0.2) is 10.9 Å². The molecule has 0 fully saturated rings. The van der Waals surface area contributed by atoms with Gasteiger partial charge in [0.1, 0.15) is 11.5 Å². The van der Waals surface area contributed by atoms with Crippen LogP contribution in [0.1, 0.15) is 24.2 Å². The van der Waals surface area contributed by atoms with E-state index in [1.165, 1.54) is 0 Å². The predicted molar refractivity (Wildman–Crippen MR) is 75.9 cm³/mol. The number of thiocarbonyl (C=S) groups is 1. The number of benzene rings is 1. The predicted octanol–water partition coefficient (Wildman–Crippen LogP) is 1.04. The number of hydrogen-bond donors (Lipinski definition) is 2. The van der Waals surface area contributed by atoms with Gasteiger partial charge >= 0.3 is 0 Å². The fraction of sp³-hybridized carbons (Fsp3) is 0.333. The standard InChI is InChI=1S/C12H17N3O3S/c1-3-17-8-5-6-10(18-4-2)9(7-8)11(16)15(14)12(13)19/h5-7H,3-4,14H2,1-2H3,(H2,13,19). The van der Waals surface area contributed by atoms with Gasteiger partial charge in [0.05, 0.1) is 18.8 Å². The van der Waals surface area contributed by atoms with Gasteiger partial charge in [-0.05, 0) is 44.3 Å². The number of ether oxygens (including phenoxy) is 2. The Balaban J connectivity index is 3.16. The Bertz CT molecular complexity index is 479. The normalized spacial score (nSPS) is 9.84. The lowest BCUT2D eigenvalue weighted by Crippen LogP contribution is -2.45. The first kappa shape index (κ1) is 15.2. The van der Waals surface area contributed by atoms with Crippen molar-refractivity contribution in [3.05, 3.63) is 23.8 Å². The zero-order valence-corrected chi connectivity index (χ0v) is 11.7. The molecule has 0 aliphatic rings. The maximum Gasteiger partial charge on any atom is 0.278 e. The molecule has 1 amide bonds. The van der Waals surface area contributed by atoms with E-state index < -0.39 is 5.91 Å². The summed E-state index contributed by atoms with van der Waals surface area (Å²) in [6, 6.07) is 4.91. The SMILES string of the molecule is CCOc1ccc(OCC)c(C(=O)N(N)C(N)=S)c1. The summed E-state index contributed by atoms with van der Waals surface area (Å²) >= 11 is 4.67. The maximum atomic E-state index is 12.1. The number of hydrazine groups is 1. The summed E-state index contributed by atoms with van der Waals surface area (Å²) in [5.41, 5.74) is 5.59. The molecule has 0 atom stereocenters. The smallest absolute Gasteiger partial charge is 0.278 e. The number of amides is 1. The Morgan fingerprint density at radius 1 is 1.32 bits per heavy atom. The second kappa shape index (κ2) is 6.91. The van der Waals surface area contributed by atoms with Crippen molar-refractivity contribution < 1.29 is 14.3 Å². The van der Waals surface area contributed by atoms with Crippen molar-refractivity contribution >= 4 is 23.2 Å². The summed E-state index contributed by atoms with van der Waals surface area (Å²) in [4.78, 5) is 12.1. The Hall–Kier alpha value is -1.86. The molecule has 6 nitrogen and oxygen atoms in total. The van der Waals surface area contributed by atoms with E-state index in [2.05, 4.69) is 12.2 Å². The first-order valence-electron chi connectivity index (χ1n) is 5.79. The molecule has 0 bridgehead atoms. The third-order valence-corrected chi connectivity index (χ3v) is 2.45. The van der Waals surface area contributed by atoms with Crippen LogP contribution >= 0.6 is 12.2 Å². The Kier molecular flexibility index (Phi) is 5.53. The molecule has 1 aromatic carbocycles. The average Bonchev–Trinajstić information content (AvgIpc) is 2.39. The van der Waals surface area contributed by atoms with E-state index in [9.17, 15) is 4.79 Å². The van der Waals surface area contributed by atoms with Gasteiger partial charge in [-0.2, -0.15) is 0 Å². The minimum absolute atomic E-state index is 0.214. The van der Waals surface area contributed by atoms with Crippen LogP contribution in [-0.2, 0) is 0 Å². The number of carbonyl (C=O) groups is 1. The number of rotatable bonds is 5. The van der Waals surface area contributed by atoms with Crippen LogP contribution in [0, 0.1) is 0 Å². The summed E-state index contributed by atoms with van der Waals surface area (Å²) in [6.45, 7) is 4.58. The van der Waals surface area contributed by atoms with Crippen LogP contribution < -0.4 is 21.1 Å². The molecule has 0 aliphatic carbocycles. The van der Waals surface area contributed by atoms with E-state index in [0.717, 1.165) is 0 Å². The van der Waals surface area contributed by atoms with E-state index in [0.29, 0.717) is 29.7 Å². The second-order valence-electron chi connectivity index (χ2n) is 3.54. The van der Waals surface area contributed by atoms with Crippen molar-refractivity contribution in [2.75, 3.05) is 13.2 Å². The van der Waals surface area contributed by atoms with E-state index in [1.807, 2.05) is 13.8 Å². The number of nitrogens with two attached hydrogens (primary N) is 2. The van der Waals surface area contributed by atoms with E-state index >= 15 is 0 Å². The topological polar surface area (TPSA) is 90.8 Å². The fourth-order valence-corrected chi connectivity index (χ4v) is 1.53. The lowest BCUT2D eigenvalue weighted by molar-refractivity contribution is 0.0844. The largest absolute Gasteiger partial charge is 0.494 e. The molecule has 0 heterocycles. The molecule has 0 radical (unpaired) electrons. The quantitative estimate of drug-likeness (QED) is 0.363. The summed E-state index contributed by atoms with van der Waals surface area (Å²) in [7, 11) is 0. The molecule has 0 aromatic heterocycles. The van der Waals surface area contributed by atoms with Crippen LogP contribution in [-0.4, -0.2) is 29.2 Å². The lowest BCUT2D eigenvalue weighted by atomic mass is 10.1. The molecule has 0 aliphatic heterocycles. The molecular formula is C12H17N3O3S. The van der Waals surface area contributed by atoms with Crippen molar-refractivity contribution in [3.63, 3.8) is 0 Å². The van der Waals surface area contributed by atoms with Gasteiger partial charge in [0.2, 0.25) is 0 Å². The average molecular weight is 283 g/mol. The molecular weight excluding hydrogens is 266 g/mol. The van der Waals surface area contributed by atoms with Crippen LogP contribution in [0.2, 0.25) is 0 Å². The Morgan fingerprint density at radius 2 is 1.95 bits per heavy atom. The van der Waals surface area contributed by atoms with Crippen molar-refractivity contribution in [1.82, 2.24) is 5.01 Å². The fourth-order valence-electron chi connectivity index (χ4n) is 1.44. The van der Waals surface area contributed by atoms with Crippen molar-refractivity contribution in [3.8, 4) is 11.5 Å². The molecule has 0 unspecified atom stereocenters. The second-order valence-corrected chi connectivity index (χ2v) is 3.96. The van der Waals surface area contributed by atoms with Gasteiger partial charge < -0.3 is 15.2 Å². The molecule has 7 heteroatoms. The number of carbonyl (C=O) groups excluding carboxylic acids is 1. The first-order valence-corrected chi connectivity index (χ1v) is 6.20. The van der Waals surface area contributed by atoms with Crippen LogP contribution in [0.3, 0.4) is 0 Å². The van der Waals surface area contributed by atoms with Crippen molar-refractivity contribution in [2.24, 2.45) is 11.6 Å². The highest BCUT2D eigenvalue weighted by atomic mass is 32.1. The minimum atomic E-state index is -0.544. The third kappa shape index (κ3) is 3.80. The zero-order valence-electron chi connectivity index (χ0n) is 10.9. The maximum absolute atomic E-state index is 12.1. The number of nitrogens with zero attached hydrogens (tertiary/aromatic N) is 1. The molecule has 19 heavy (non-hydrogen) atoms. The van der Waals surface area contributed by atoms with Crippen LogP contribution in [0.25, 0.3) is 0 Å². The highest BCUT2D eigenvalue weighted by Gasteiger charge is 2.20. The summed E-state index contributed by atoms with van der Waals surface area (Å²) < 4.78 is 10.7. The molecule has 4 N–H and O–H groups in total. The van der Waals surface area contributed by atoms with Crippen molar-refractivity contribution in [2.45, 2.75) is 13.8 Å². The van der Waals surface area contributed by atoms with Gasteiger partial charge in [-0.3, -0.25) is 4.79 Å². The summed E-state index contributed by atoms with van der Waals surface area (Å²) in [5, 5.41) is 0.484. The summed E-state index contributed by atoms with van der Waals surface area (Å²) in [5.74, 6) is 5.91. The van der Waals surface area contributed by atoms with Gasteiger partial charge in [-0.15, -0.1) is 0 Å². The van der Waals surface area contributed by atoms with Gasteiger partial charge in [0, 0.05) is 0 Å². The van der Waals surface area contributed by atoms with E-state index in [1.54, 1.807) is 18.2 Å². The molecule has 1 rings (SSSR count). The van der Waals surface area contributed by atoms with Crippen LogP contribution in [0.15, 0.2) is 18.2 Å². The van der Waals surface area contributed by atoms with E-state index in [4.69, 9.17) is 21.1 Å². The van der Waals surface area contributed by atoms with Crippen LogP contribution in [0.4, 0.5) is 0 Å². The highest BCUT2D eigenvalue weighted by Crippen LogP contribution is 2.25. The number of hydrogen-bond acceptors (Lipinski definition) is 5. The zero-order chi connectivity index (χ0) is 14.4. The Morgan fingerprint density at radius 3 is 2.47 bits per heavy atom. The molecule has 1 aromatic rings. The summed E-state index contributed by atoms with van der Waals surface area (Å²) in [6.07, 6.45) is 0.